The number of carbonyl (C=O) groups is 2. The van der Waals surface area contributed by atoms with Crippen molar-refractivity contribution in [2.24, 2.45) is 0 Å². The summed E-state index contributed by atoms with van der Waals surface area (Å²) in [6, 6.07) is 5.11. The fourth-order valence-electron chi connectivity index (χ4n) is 3.15. The van der Waals surface area contributed by atoms with Crippen molar-refractivity contribution in [1.82, 2.24) is 4.98 Å². The van der Waals surface area contributed by atoms with E-state index in [4.69, 9.17) is 9.47 Å². The van der Waals surface area contributed by atoms with Crippen molar-refractivity contribution in [3.63, 3.8) is 0 Å². The molecular weight excluding hydrogens is 336 g/mol. The normalized spacial score (nSPS) is 16.5. The Bertz CT molecular complexity index is 872. The van der Waals surface area contributed by atoms with Crippen molar-refractivity contribution >= 4 is 28.7 Å². The summed E-state index contributed by atoms with van der Waals surface area (Å²) < 4.78 is 10.7. The molecule has 1 aliphatic rings. The van der Waals surface area contributed by atoms with Gasteiger partial charge in [-0.2, -0.15) is 0 Å². The van der Waals surface area contributed by atoms with E-state index >= 15 is 0 Å². The molecule has 3 rings (SSSR count). The second-order valence-electron chi connectivity index (χ2n) is 7.32. The number of fused-ring (bicyclic) bond motifs is 3. The van der Waals surface area contributed by atoms with Gasteiger partial charge in [0.15, 0.2) is 0 Å². The standard InChI is InChI=1S/C19H22N2O5/c1-11(22)25-10-12-9-21(18(24)26-19(2,3)4)14-8-15(23)17-13(16(12)14)6-5-7-20-17/h5-8,12,23H,9-10H2,1-4H3. The molecule has 0 saturated heterocycles. The lowest BCUT2D eigenvalue weighted by atomic mass is 9.97. The molecule has 0 bridgehead atoms. The minimum atomic E-state index is -0.647. The van der Waals surface area contributed by atoms with Crippen LogP contribution in [0.3, 0.4) is 0 Å². The van der Waals surface area contributed by atoms with Crippen LogP contribution in [-0.4, -0.2) is 40.9 Å². The van der Waals surface area contributed by atoms with Gasteiger partial charge in [0.2, 0.25) is 0 Å². The number of esters is 1. The fraction of sp³-hybridized carbons (Fsp3) is 0.421. The van der Waals surface area contributed by atoms with Crippen LogP contribution in [0.2, 0.25) is 0 Å². The van der Waals surface area contributed by atoms with Gasteiger partial charge in [-0.1, -0.05) is 6.07 Å². The minimum Gasteiger partial charge on any atom is -0.506 e. The van der Waals surface area contributed by atoms with E-state index < -0.39 is 11.7 Å². The zero-order valence-electron chi connectivity index (χ0n) is 15.3. The van der Waals surface area contributed by atoms with Gasteiger partial charge < -0.3 is 14.6 Å². The molecule has 26 heavy (non-hydrogen) atoms. The molecule has 1 N–H and O–H groups in total. The number of phenolic OH excluding ortho intramolecular Hbond substituents is 1. The van der Waals surface area contributed by atoms with Crippen LogP contribution >= 0.6 is 0 Å². The molecule has 2 heterocycles. The quantitative estimate of drug-likeness (QED) is 0.828. The predicted molar refractivity (Wildman–Crippen MR) is 96.4 cm³/mol. The van der Waals surface area contributed by atoms with Crippen molar-refractivity contribution in [1.29, 1.82) is 0 Å². The smallest absolute Gasteiger partial charge is 0.414 e. The first-order valence-corrected chi connectivity index (χ1v) is 8.42. The summed E-state index contributed by atoms with van der Waals surface area (Å²) in [5.74, 6) is -0.627. The summed E-state index contributed by atoms with van der Waals surface area (Å²) in [6.07, 6.45) is 1.09. The number of phenols is 1. The molecule has 1 aromatic carbocycles. The third kappa shape index (κ3) is 3.42. The van der Waals surface area contributed by atoms with E-state index in [1.807, 2.05) is 6.07 Å². The molecule has 0 aliphatic carbocycles. The molecule has 7 heteroatoms. The van der Waals surface area contributed by atoms with E-state index in [9.17, 15) is 14.7 Å². The Kier molecular flexibility index (Phi) is 4.48. The molecule has 1 amide bonds. The fourth-order valence-corrected chi connectivity index (χ4v) is 3.15. The van der Waals surface area contributed by atoms with E-state index in [0.717, 1.165) is 10.9 Å². The first-order valence-electron chi connectivity index (χ1n) is 8.42. The van der Waals surface area contributed by atoms with Crippen LogP contribution < -0.4 is 4.90 Å². The van der Waals surface area contributed by atoms with Gasteiger partial charge in [0.1, 0.15) is 16.9 Å². The lowest BCUT2D eigenvalue weighted by Crippen LogP contribution is -2.36. The summed E-state index contributed by atoms with van der Waals surface area (Å²) in [7, 11) is 0. The van der Waals surface area contributed by atoms with Crippen molar-refractivity contribution in [3.8, 4) is 5.75 Å². The lowest BCUT2D eigenvalue weighted by Gasteiger charge is -2.25. The number of benzene rings is 1. The number of hydrogen-bond acceptors (Lipinski definition) is 6. The van der Waals surface area contributed by atoms with Crippen LogP contribution in [0.15, 0.2) is 24.4 Å². The van der Waals surface area contributed by atoms with Crippen LogP contribution in [0.25, 0.3) is 10.9 Å². The first kappa shape index (κ1) is 18.0. The third-order valence-corrected chi connectivity index (χ3v) is 4.09. The molecule has 1 aromatic heterocycles. The molecule has 0 saturated carbocycles. The first-order chi connectivity index (χ1) is 12.2. The molecule has 138 valence electrons. The predicted octanol–water partition coefficient (Wildman–Crippen LogP) is 3.34. The Morgan fingerprint density at radius 2 is 2.12 bits per heavy atom. The number of carbonyl (C=O) groups excluding carboxylic acids is 2. The number of hydrogen-bond donors (Lipinski definition) is 1. The van der Waals surface area contributed by atoms with E-state index in [-0.39, 0.29) is 24.2 Å². The van der Waals surface area contributed by atoms with E-state index in [2.05, 4.69) is 4.98 Å². The Labute approximate surface area is 151 Å². The summed E-state index contributed by atoms with van der Waals surface area (Å²) in [5, 5.41) is 11.1. The number of anilines is 1. The largest absolute Gasteiger partial charge is 0.506 e. The number of rotatable bonds is 2. The van der Waals surface area contributed by atoms with Gasteiger partial charge >= 0.3 is 12.1 Å². The molecule has 2 aromatic rings. The highest BCUT2D eigenvalue weighted by Gasteiger charge is 2.37. The molecule has 0 radical (unpaired) electrons. The SMILES string of the molecule is CC(=O)OCC1CN(C(=O)OC(C)(C)C)c2cc(O)c3ncccc3c21. The van der Waals surface area contributed by atoms with Gasteiger partial charge in [-0.05, 0) is 32.4 Å². The topological polar surface area (TPSA) is 89.0 Å². The van der Waals surface area contributed by atoms with Crippen molar-refractivity contribution in [2.75, 3.05) is 18.1 Å². The number of aromatic hydroxyl groups is 1. The van der Waals surface area contributed by atoms with Crippen LogP contribution in [0.1, 0.15) is 39.2 Å². The van der Waals surface area contributed by atoms with Crippen molar-refractivity contribution in [2.45, 2.75) is 39.2 Å². The van der Waals surface area contributed by atoms with E-state index in [1.165, 1.54) is 17.9 Å². The Hall–Kier alpha value is -2.83. The maximum absolute atomic E-state index is 12.7. The Morgan fingerprint density at radius 1 is 1.38 bits per heavy atom. The summed E-state index contributed by atoms with van der Waals surface area (Å²) in [4.78, 5) is 29.6. The van der Waals surface area contributed by atoms with Crippen molar-refractivity contribution < 1.29 is 24.2 Å². The maximum Gasteiger partial charge on any atom is 0.414 e. The monoisotopic (exact) mass is 358 g/mol. The highest BCUT2D eigenvalue weighted by Crippen LogP contribution is 2.44. The van der Waals surface area contributed by atoms with Gasteiger partial charge in [-0.15, -0.1) is 0 Å². The molecule has 1 atom stereocenters. The summed E-state index contributed by atoms with van der Waals surface area (Å²) >= 11 is 0. The van der Waals surface area contributed by atoms with Crippen LogP contribution in [-0.2, 0) is 14.3 Å². The molecule has 7 nitrogen and oxygen atoms in total. The lowest BCUT2D eigenvalue weighted by molar-refractivity contribution is -0.141. The zero-order chi connectivity index (χ0) is 19.1. The van der Waals surface area contributed by atoms with Gasteiger partial charge in [0.05, 0.1) is 12.3 Å². The zero-order valence-corrected chi connectivity index (χ0v) is 15.3. The molecule has 0 spiro atoms. The number of amides is 1. The number of aromatic nitrogens is 1. The van der Waals surface area contributed by atoms with Crippen LogP contribution in [0, 0.1) is 0 Å². The highest BCUT2D eigenvalue weighted by molar-refractivity contribution is 6.00. The molecule has 0 fully saturated rings. The number of nitrogens with zero attached hydrogens (tertiary/aromatic N) is 2. The van der Waals surface area contributed by atoms with Gasteiger partial charge in [-0.3, -0.25) is 14.7 Å². The van der Waals surface area contributed by atoms with Crippen LogP contribution in [0.5, 0.6) is 5.75 Å². The van der Waals surface area contributed by atoms with Gasteiger partial charge in [0.25, 0.3) is 0 Å². The Morgan fingerprint density at radius 3 is 2.77 bits per heavy atom. The van der Waals surface area contributed by atoms with E-state index in [0.29, 0.717) is 17.7 Å². The van der Waals surface area contributed by atoms with E-state index in [1.54, 1.807) is 33.0 Å². The average Bonchev–Trinajstić information content (AvgIpc) is 2.90. The van der Waals surface area contributed by atoms with Gasteiger partial charge in [0, 0.05) is 37.0 Å². The minimum absolute atomic E-state index is 0.0129. The maximum atomic E-state index is 12.7. The second kappa shape index (κ2) is 6.48. The number of pyridine rings is 1. The van der Waals surface area contributed by atoms with Crippen molar-refractivity contribution in [3.05, 3.63) is 30.0 Å². The average molecular weight is 358 g/mol. The molecule has 1 unspecified atom stereocenters. The molecular formula is C19H22N2O5. The second-order valence-corrected chi connectivity index (χ2v) is 7.32. The third-order valence-electron chi connectivity index (χ3n) is 4.09. The van der Waals surface area contributed by atoms with Gasteiger partial charge in [-0.25, -0.2) is 4.79 Å². The molecule has 1 aliphatic heterocycles. The number of ether oxygens (including phenoxy) is 2. The highest BCUT2D eigenvalue weighted by atomic mass is 16.6. The summed E-state index contributed by atoms with van der Waals surface area (Å²) in [6.45, 7) is 7.15. The Balaban J connectivity index is 2.08. The summed E-state index contributed by atoms with van der Waals surface area (Å²) in [5.41, 5.74) is 1.17. The van der Waals surface area contributed by atoms with Crippen LogP contribution in [0.4, 0.5) is 10.5 Å².